The van der Waals surface area contributed by atoms with Crippen molar-refractivity contribution in [3.8, 4) is 0 Å². The van der Waals surface area contributed by atoms with Crippen molar-refractivity contribution in [3.63, 3.8) is 0 Å². The fourth-order valence-electron chi connectivity index (χ4n) is 1.15. The molecule has 0 aliphatic carbocycles. The standard InChI is InChI=1S/C8H3BBr2N2/c9-7-4-2-1-3-5(10)6(4)8(11)13-12-7/h1-3H. The number of hydrogen-bond donors (Lipinski definition) is 0. The third-order valence-electron chi connectivity index (χ3n) is 1.74. The van der Waals surface area contributed by atoms with Gasteiger partial charge in [0.25, 0.3) is 0 Å². The van der Waals surface area contributed by atoms with E-state index in [1.54, 1.807) is 0 Å². The molecule has 1 aromatic heterocycles. The fraction of sp³-hybridized carbons (Fsp3) is 0. The molecular weight excluding hydrogens is 295 g/mol. The summed E-state index contributed by atoms with van der Waals surface area (Å²) < 4.78 is 1.66. The van der Waals surface area contributed by atoms with Gasteiger partial charge in [-0.3, -0.25) is 0 Å². The SMILES string of the molecule is [B]c1nnc(Br)c2c(Br)cccc12. The molecule has 0 aliphatic rings. The lowest BCUT2D eigenvalue weighted by Crippen LogP contribution is -2.11. The van der Waals surface area contributed by atoms with Gasteiger partial charge in [-0.1, -0.05) is 28.1 Å². The number of aromatic nitrogens is 2. The molecule has 0 bridgehead atoms. The van der Waals surface area contributed by atoms with Gasteiger partial charge in [0, 0.05) is 15.5 Å². The highest BCUT2D eigenvalue weighted by Gasteiger charge is 2.06. The van der Waals surface area contributed by atoms with Crippen LogP contribution in [0, 0.1) is 0 Å². The van der Waals surface area contributed by atoms with Crippen LogP contribution in [0.1, 0.15) is 0 Å². The summed E-state index contributed by atoms with van der Waals surface area (Å²) in [6, 6.07) is 5.76. The van der Waals surface area contributed by atoms with E-state index in [0.717, 1.165) is 15.2 Å². The Morgan fingerprint density at radius 1 is 1.15 bits per heavy atom. The van der Waals surface area contributed by atoms with Crippen LogP contribution in [-0.2, 0) is 0 Å². The summed E-state index contributed by atoms with van der Waals surface area (Å²) in [5.74, 6) is 0. The summed E-state index contributed by atoms with van der Waals surface area (Å²) in [7, 11) is 5.68. The molecule has 2 nitrogen and oxygen atoms in total. The van der Waals surface area contributed by atoms with Crippen molar-refractivity contribution in [1.29, 1.82) is 0 Å². The van der Waals surface area contributed by atoms with E-state index in [0.29, 0.717) is 10.2 Å². The third kappa shape index (κ3) is 1.51. The van der Waals surface area contributed by atoms with Crippen LogP contribution in [0.4, 0.5) is 0 Å². The van der Waals surface area contributed by atoms with Gasteiger partial charge in [-0.2, -0.15) is 5.10 Å². The highest BCUT2D eigenvalue weighted by Crippen LogP contribution is 2.27. The monoisotopic (exact) mass is 296 g/mol. The molecule has 0 atom stereocenters. The highest BCUT2D eigenvalue weighted by molar-refractivity contribution is 9.11. The van der Waals surface area contributed by atoms with E-state index in [-0.39, 0.29) is 0 Å². The fourth-order valence-corrected chi connectivity index (χ4v) is 2.48. The van der Waals surface area contributed by atoms with Crippen LogP contribution in [0.3, 0.4) is 0 Å². The summed E-state index contributed by atoms with van der Waals surface area (Å²) in [5.41, 5.74) is 0.444. The minimum Gasteiger partial charge on any atom is -0.166 e. The zero-order valence-electron chi connectivity index (χ0n) is 6.46. The molecule has 0 aliphatic heterocycles. The Kier molecular flexibility index (Phi) is 2.38. The van der Waals surface area contributed by atoms with Crippen molar-refractivity contribution < 1.29 is 0 Å². The Balaban J connectivity index is 3.00. The third-order valence-corrected chi connectivity index (χ3v) is 2.96. The van der Waals surface area contributed by atoms with E-state index in [4.69, 9.17) is 7.85 Å². The Bertz CT molecular complexity index is 465. The van der Waals surface area contributed by atoms with Gasteiger partial charge in [-0.25, -0.2) is 0 Å². The van der Waals surface area contributed by atoms with Crippen LogP contribution < -0.4 is 5.59 Å². The lowest BCUT2D eigenvalue weighted by Gasteiger charge is -2.03. The average Bonchev–Trinajstić information content (AvgIpc) is 2.12. The normalized spacial score (nSPS) is 10.6. The summed E-state index contributed by atoms with van der Waals surface area (Å²) in [4.78, 5) is 0. The number of nitrogens with zero attached hydrogens (tertiary/aromatic N) is 2. The largest absolute Gasteiger partial charge is 0.166 e. The van der Waals surface area contributed by atoms with E-state index >= 15 is 0 Å². The number of fused-ring (bicyclic) bond motifs is 1. The lowest BCUT2D eigenvalue weighted by atomic mass is 9.98. The molecule has 1 aromatic carbocycles. The summed E-state index contributed by atoms with van der Waals surface area (Å²) in [5, 5.41) is 9.54. The lowest BCUT2D eigenvalue weighted by molar-refractivity contribution is 1.05. The van der Waals surface area contributed by atoms with E-state index in [1.807, 2.05) is 18.2 Å². The molecule has 62 valence electrons. The maximum atomic E-state index is 5.68. The molecule has 0 unspecified atom stereocenters. The maximum Gasteiger partial charge on any atom is 0.145 e. The van der Waals surface area contributed by atoms with Gasteiger partial charge >= 0.3 is 0 Å². The molecule has 0 spiro atoms. The van der Waals surface area contributed by atoms with E-state index < -0.39 is 0 Å². The van der Waals surface area contributed by atoms with Crippen molar-refractivity contribution >= 4 is 56.1 Å². The number of benzene rings is 1. The second-order valence-corrected chi connectivity index (χ2v) is 4.14. The van der Waals surface area contributed by atoms with Gasteiger partial charge in [0.2, 0.25) is 0 Å². The first-order chi connectivity index (χ1) is 6.20. The molecule has 0 fully saturated rings. The minimum absolute atomic E-state index is 0.444. The molecule has 0 amide bonds. The van der Waals surface area contributed by atoms with Crippen LogP contribution in [0.25, 0.3) is 10.8 Å². The van der Waals surface area contributed by atoms with Gasteiger partial charge in [-0.05, 0) is 27.4 Å². The van der Waals surface area contributed by atoms with Gasteiger partial charge in [0.15, 0.2) is 0 Å². The zero-order valence-corrected chi connectivity index (χ0v) is 9.63. The number of rotatable bonds is 0. The minimum atomic E-state index is 0.444. The highest BCUT2D eigenvalue weighted by atomic mass is 79.9. The second-order valence-electron chi connectivity index (χ2n) is 2.54. The number of hydrogen-bond acceptors (Lipinski definition) is 2. The maximum absolute atomic E-state index is 5.68. The molecule has 0 N–H and O–H groups in total. The van der Waals surface area contributed by atoms with Gasteiger partial charge in [0.05, 0.1) is 0 Å². The molecule has 5 heteroatoms. The Hall–Kier alpha value is -0.415. The van der Waals surface area contributed by atoms with Crippen molar-refractivity contribution in [2.75, 3.05) is 0 Å². The Morgan fingerprint density at radius 3 is 2.62 bits per heavy atom. The smallest absolute Gasteiger partial charge is 0.145 e. The number of halogens is 2. The zero-order chi connectivity index (χ0) is 9.42. The van der Waals surface area contributed by atoms with E-state index in [2.05, 4.69) is 42.1 Å². The molecule has 0 saturated carbocycles. The molecule has 13 heavy (non-hydrogen) atoms. The summed E-state index contributed by atoms with van der Waals surface area (Å²) in [6.45, 7) is 0. The predicted molar refractivity (Wildman–Crippen MR) is 60.3 cm³/mol. The van der Waals surface area contributed by atoms with Crippen LogP contribution in [0.2, 0.25) is 0 Å². The van der Waals surface area contributed by atoms with Gasteiger partial charge in [-0.15, -0.1) is 5.10 Å². The van der Waals surface area contributed by atoms with E-state index in [1.165, 1.54) is 0 Å². The van der Waals surface area contributed by atoms with Crippen molar-refractivity contribution in [2.45, 2.75) is 0 Å². The van der Waals surface area contributed by atoms with Crippen LogP contribution in [0.15, 0.2) is 27.3 Å². The molecular formula is C8H3BBr2N2. The molecule has 2 aromatic rings. The predicted octanol–water partition coefficient (Wildman–Crippen LogP) is 1.95. The van der Waals surface area contributed by atoms with Gasteiger partial charge in [0.1, 0.15) is 12.4 Å². The van der Waals surface area contributed by atoms with Crippen molar-refractivity contribution in [2.24, 2.45) is 0 Å². The first-order valence-corrected chi connectivity index (χ1v) is 5.14. The molecule has 2 rings (SSSR count). The van der Waals surface area contributed by atoms with Crippen LogP contribution in [0.5, 0.6) is 0 Å². The quantitative estimate of drug-likeness (QED) is 0.695. The first kappa shape index (κ1) is 9.15. The Labute approximate surface area is 93.4 Å². The molecule has 2 radical (unpaired) electrons. The molecule has 0 saturated heterocycles. The van der Waals surface area contributed by atoms with Crippen molar-refractivity contribution in [1.82, 2.24) is 10.2 Å². The van der Waals surface area contributed by atoms with Gasteiger partial charge < -0.3 is 0 Å². The summed E-state index contributed by atoms with van der Waals surface area (Å²) in [6.07, 6.45) is 0. The van der Waals surface area contributed by atoms with Crippen LogP contribution in [-0.4, -0.2) is 18.0 Å². The Morgan fingerprint density at radius 2 is 1.92 bits per heavy atom. The second kappa shape index (κ2) is 3.38. The first-order valence-electron chi connectivity index (χ1n) is 3.56. The van der Waals surface area contributed by atoms with Crippen LogP contribution >= 0.6 is 31.9 Å². The van der Waals surface area contributed by atoms with E-state index in [9.17, 15) is 0 Å². The average molecular weight is 298 g/mol. The summed E-state index contributed by atoms with van der Waals surface area (Å²) >= 11 is 6.75. The van der Waals surface area contributed by atoms with Crippen molar-refractivity contribution in [3.05, 3.63) is 27.3 Å². The molecule has 1 heterocycles. The topological polar surface area (TPSA) is 25.8 Å².